The van der Waals surface area contributed by atoms with Gasteiger partial charge in [-0.3, -0.25) is 20.2 Å². The van der Waals surface area contributed by atoms with Crippen molar-refractivity contribution in [3.05, 3.63) is 57.5 Å². The molecule has 0 spiro atoms. The summed E-state index contributed by atoms with van der Waals surface area (Å²) >= 11 is 1.22. The largest absolute Gasteiger partial charge is 0.490 e. The van der Waals surface area contributed by atoms with Crippen LogP contribution in [0.15, 0.2) is 41.8 Å². The molecule has 2 aromatic carbocycles. The lowest BCUT2D eigenvalue weighted by molar-refractivity contribution is -0.384. The van der Waals surface area contributed by atoms with Crippen molar-refractivity contribution in [2.45, 2.75) is 20.8 Å². The van der Waals surface area contributed by atoms with Gasteiger partial charge in [0.1, 0.15) is 0 Å². The van der Waals surface area contributed by atoms with Crippen LogP contribution in [0.25, 0.3) is 11.3 Å². The molecule has 0 saturated carbocycles. The number of rotatable bonds is 10. The Morgan fingerprint density at radius 2 is 1.72 bits per heavy atom. The van der Waals surface area contributed by atoms with Crippen LogP contribution in [0.2, 0.25) is 0 Å². The number of amides is 1. The van der Waals surface area contributed by atoms with Crippen LogP contribution < -0.4 is 19.5 Å². The minimum atomic E-state index is -0.462. The van der Waals surface area contributed by atoms with Gasteiger partial charge in [0.15, 0.2) is 16.6 Å². The monoisotopic (exact) mass is 457 g/mol. The smallest absolute Gasteiger partial charge is 0.270 e. The van der Waals surface area contributed by atoms with Crippen LogP contribution in [-0.2, 0) is 0 Å². The van der Waals surface area contributed by atoms with Gasteiger partial charge in [-0.1, -0.05) is 12.1 Å². The average Bonchev–Trinajstić information content (AvgIpc) is 3.24. The van der Waals surface area contributed by atoms with E-state index in [1.165, 1.54) is 23.5 Å². The lowest BCUT2D eigenvalue weighted by Crippen LogP contribution is -2.13. The lowest BCUT2D eigenvalue weighted by atomic mass is 10.1. The molecule has 3 aromatic rings. The maximum Gasteiger partial charge on any atom is 0.270 e. The van der Waals surface area contributed by atoms with Gasteiger partial charge in [0.05, 0.1) is 30.4 Å². The number of benzene rings is 2. The molecule has 3 rings (SSSR count). The number of ether oxygens (including phenoxy) is 3. The fourth-order valence-corrected chi connectivity index (χ4v) is 3.65. The summed E-state index contributed by atoms with van der Waals surface area (Å²) in [5.74, 6) is 0.897. The molecule has 0 aliphatic heterocycles. The number of hydrogen-bond acceptors (Lipinski definition) is 8. The highest BCUT2D eigenvalue weighted by atomic mass is 32.1. The Morgan fingerprint density at radius 1 is 1.06 bits per heavy atom. The Labute approximate surface area is 189 Å². The molecule has 0 atom stereocenters. The normalized spacial score (nSPS) is 10.5. The van der Waals surface area contributed by atoms with E-state index >= 15 is 0 Å². The Bertz CT molecular complexity index is 1090. The van der Waals surface area contributed by atoms with Crippen LogP contribution in [0.4, 0.5) is 10.8 Å². The fraction of sp³-hybridized carbons (Fsp3) is 0.273. The highest BCUT2D eigenvalue weighted by Gasteiger charge is 2.19. The van der Waals surface area contributed by atoms with Crippen LogP contribution >= 0.6 is 11.3 Å². The van der Waals surface area contributed by atoms with Gasteiger partial charge in [-0.25, -0.2) is 4.98 Å². The molecule has 0 saturated heterocycles. The zero-order valence-electron chi connectivity index (χ0n) is 17.9. The maximum atomic E-state index is 12.9. The van der Waals surface area contributed by atoms with Crippen LogP contribution in [0.5, 0.6) is 17.2 Å². The predicted octanol–water partition coefficient (Wildman–Crippen LogP) is 5.17. The molecule has 0 fully saturated rings. The fourth-order valence-electron chi connectivity index (χ4n) is 2.93. The molecule has 32 heavy (non-hydrogen) atoms. The molecule has 1 heterocycles. The van der Waals surface area contributed by atoms with Gasteiger partial charge < -0.3 is 14.2 Å². The van der Waals surface area contributed by atoms with E-state index in [4.69, 9.17) is 14.2 Å². The number of anilines is 1. The maximum absolute atomic E-state index is 12.9. The number of nitrogens with zero attached hydrogens (tertiary/aromatic N) is 2. The van der Waals surface area contributed by atoms with Crippen molar-refractivity contribution in [3.63, 3.8) is 0 Å². The number of thiazole rings is 1. The van der Waals surface area contributed by atoms with E-state index in [2.05, 4.69) is 10.3 Å². The van der Waals surface area contributed by atoms with E-state index in [0.29, 0.717) is 59.0 Å². The molecule has 10 heteroatoms. The van der Waals surface area contributed by atoms with Crippen molar-refractivity contribution in [1.29, 1.82) is 0 Å². The number of nitrogens with one attached hydrogen (secondary N) is 1. The van der Waals surface area contributed by atoms with E-state index in [-0.39, 0.29) is 5.69 Å². The summed E-state index contributed by atoms with van der Waals surface area (Å²) in [7, 11) is 0. The number of non-ortho nitro benzene ring substituents is 1. The van der Waals surface area contributed by atoms with Crippen molar-refractivity contribution in [2.24, 2.45) is 0 Å². The molecule has 0 aliphatic carbocycles. The van der Waals surface area contributed by atoms with Gasteiger partial charge >= 0.3 is 0 Å². The number of carbonyl (C=O) groups excluding carboxylic acids is 1. The van der Waals surface area contributed by atoms with Crippen LogP contribution in [0.3, 0.4) is 0 Å². The van der Waals surface area contributed by atoms with E-state index < -0.39 is 10.8 Å². The van der Waals surface area contributed by atoms with E-state index in [1.54, 1.807) is 29.6 Å². The Kier molecular flexibility index (Phi) is 7.61. The molecule has 0 bridgehead atoms. The minimum absolute atomic E-state index is 0.0256. The quantitative estimate of drug-likeness (QED) is 0.330. The van der Waals surface area contributed by atoms with Gasteiger partial charge in [0, 0.05) is 28.6 Å². The average molecular weight is 458 g/mol. The van der Waals surface area contributed by atoms with Crippen molar-refractivity contribution in [2.75, 3.05) is 25.1 Å². The number of hydrogen-bond donors (Lipinski definition) is 1. The van der Waals surface area contributed by atoms with Gasteiger partial charge in [0.2, 0.25) is 5.75 Å². The molecule has 0 radical (unpaired) electrons. The predicted molar refractivity (Wildman–Crippen MR) is 122 cm³/mol. The molecule has 0 unspecified atom stereocenters. The van der Waals surface area contributed by atoms with E-state index in [9.17, 15) is 14.9 Å². The van der Waals surface area contributed by atoms with Crippen LogP contribution in [-0.4, -0.2) is 35.6 Å². The van der Waals surface area contributed by atoms with Crippen molar-refractivity contribution >= 4 is 28.1 Å². The van der Waals surface area contributed by atoms with E-state index in [0.717, 1.165) is 0 Å². The highest BCUT2D eigenvalue weighted by molar-refractivity contribution is 7.14. The van der Waals surface area contributed by atoms with Crippen LogP contribution in [0.1, 0.15) is 31.1 Å². The summed E-state index contributed by atoms with van der Waals surface area (Å²) < 4.78 is 17.0. The van der Waals surface area contributed by atoms with Gasteiger partial charge in [-0.15, -0.1) is 11.3 Å². The van der Waals surface area contributed by atoms with Gasteiger partial charge in [-0.2, -0.15) is 0 Å². The summed E-state index contributed by atoms with van der Waals surface area (Å²) in [5.41, 5.74) is 1.43. The summed E-state index contributed by atoms with van der Waals surface area (Å²) in [6.45, 7) is 6.76. The topological polar surface area (TPSA) is 113 Å². The van der Waals surface area contributed by atoms with E-state index in [1.807, 2.05) is 20.8 Å². The first-order chi connectivity index (χ1) is 15.5. The zero-order chi connectivity index (χ0) is 23.1. The first-order valence-electron chi connectivity index (χ1n) is 10.0. The zero-order valence-corrected chi connectivity index (χ0v) is 18.7. The standard InChI is InChI=1S/C22H23N3O6S/c1-4-29-18-11-15(12-19(30-5-2)20(18)31-6-3)21(26)24-22-23-17(13-32-22)14-8-7-9-16(10-14)25(27)28/h7-13H,4-6H2,1-3H3,(H,23,24,26). The number of aromatic nitrogens is 1. The number of carbonyl (C=O) groups is 1. The summed E-state index contributed by atoms with van der Waals surface area (Å²) in [6.07, 6.45) is 0. The molecule has 1 aromatic heterocycles. The van der Waals surface area contributed by atoms with Gasteiger partial charge in [0.25, 0.3) is 11.6 Å². The van der Waals surface area contributed by atoms with Crippen molar-refractivity contribution in [1.82, 2.24) is 4.98 Å². The Balaban J connectivity index is 1.86. The molecule has 0 aliphatic rings. The number of nitro benzene ring substituents is 1. The van der Waals surface area contributed by atoms with Crippen molar-refractivity contribution in [3.8, 4) is 28.5 Å². The molecule has 9 nitrogen and oxygen atoms in total. The summed E-state index contributed by atoms with van der Waals surface area (Å²) in [4.78, 5) is 27.8. The lowest BCUT2D eigenvalue weighted by Gasteiger charge is -2.16. The van der Waals surface area contributed by atoms with Gasteiger partial charge in [-0.05, 0) is 32.9 Å². The van der Waals surface area contributed by atoms with Crippen molar-refractivity contribution < 1.29 is 23.9 Å². The highest BCUT2D eigenvalue weighted by Crippen LogP contribution is 2.39. The second kappa shape index (κ2) is 10.6. The second-order valence-corrected chi connectivity index (χ2v) is 7.26. The number of nitro groups is 1. The second-order valence-electron chi connectivity index (χ2n) is 6.40. The Morgan fingerprint density at radius 3 is 2.31 bits per heavy atom. The molecular formula is C22H23N3O6S. The SMILES string of the molecule is CCOc1cc(C(=O)Nc2nc(-c3cccc([N+](=O)[O-])c3)cs2)cc(OCC)c1OCC. The molecule has 1 amide bonds. The molecule has 1 N–H and O–H groups in total. The summed E-state index contributed by atoms with van der Waals surface area (Å²) in [6, 6.07) is 9.37. The first-order valence-corrected chi connectivity index (χ1v) is 10.9. The minimum Gasteiger partial charge on any atom is -0.490 e. The molecule has 168 valence electrons. The third kappa shape index (κ3) is 5.33. The summed E-state index contributed by atoms with van der Waals surface area (Å²) in [5, 5.41) is 15.9. The third-order valence-corrected chi connectivity index (χ3v) is 5.01. The first kappa shape index (κ1) is 23.0. The molecular weight excluding hydrogens is 434 g/mol. The Hall–Kier alpha value is -3.66. The third-order valence-electron chi connectivity index (χ3n) is 4.25. The van der Waals surface area contributed by atoms with Crippen LogP contribution in [0, 0.1) is 10.1 Å².